The monoisotopic (exact) mass is 376 g/mol. The minimum absolute atomic E-state index is 0.305. The number of rotatable bonds is 6. The smallest absolute Gasteiger partial charge is 0.162 e. The molecule has 1 fully saturated rings. The summed E-state index contributed by atoms with van der Waals surface area (Å²) in [6.45, 7) is 5.41. The van der Waals surface area contributed by atoms with Crippen LogP contribution in [0.5, 0.6) is 0 Å². The van der Waals surface area contributed by atoms with E-state index in [1.54, 1.807) is 0 Å². The topological polar surface area (TPSA) is 32.3 Å². The Morgan fingerprint density at radius 3 is 2.50 bits per heavy atom. The molecule has 28 heavy (non-hydrogen) atoms. The number of ketones is 1. The first kappa shape index (κ1) is 19.4. The third-order valence-corrected chi connectivity index (χ3v) is 6.41. The van der Waals surface area contributed by atoms with Crippen LogP contribution < -0.4 is 5.32 Å². The number of carbonyl (C=O) groups excluding carboxylic acids is 1. The molecule has 0 unspecified atom stereocenters. The zero-order chi connectivity index (χ0) is 19.2. The summed E-state index contributed by atoms with van der Waals surface area (Å²) < 4.78 is 0. The summed E-state index contributed by atoms with van der Waals surface area (Å²) in [6, 6.07) is 17.3. The number of hydrogen-bond acceptors (Lipinski definition) is 3. The van der Waals surface area contributed by atoms with E-state index in [2.05, 4.69) is 52.7 Å². The molecular formula is C25H32N2O. The van der Waals surface area contributed by atoms with Gasteiger partial charge in [-0.3, -0.25) is 4.79 Å². The number of Topliss-reactive ketones (excluding diaryl/α,β-unsaturated/α-hetero) is 1. The van der Waals surface area contributed by atoms with Gasteiger partial charge in [0.25, 0.3) is 0 Å². The molecule has 3 nitrogen and oxygen atoms in total. The van der Waals surface area contributed by atoms with Crippen LogP contribution in [0.2, 0.25) is 0 Å². The Labute approximate surface area is 169 Å². The fourth-order valence-corrected chi connectivity index (χ4v) is 4.67. The summed E-state index contributed by atoms with van der Waals surface area (Å²) in [5.41, 5.74) is 5.15. The lowest BCUT2D eigenvalue weighted by Gasteiger charge is -2.32. The fourth-order valence-electron chi connectivity index (χ4n) is 4.67. The number of carbonyl (C=O) groups is 1. The third-order valence-electron chi connectivity index (χ3n) is 6.41. The Morgan fingerprint density at radius 1 is 0.964 bits per heavy atom. The Hall–Kier alpha value is -1.97. The van der Waals surface area contributed by atoms with Crippen molar-refractivity contribution in [3.05, 3.63) is 70.8 Å². The molecular weight excluding hydrogens is 344 g/mol. The van der Waals surface area contributed by atoms with Crippen molar-refractivity contribution in [2.24, 2.45) is 0 Å². The number of likely N-dealkylation sites (tertiary alicyclic amines) is 1. The molecule has 0 amide bonds. The minimum Gasteiger partial charge on any atom is -0.316 e. The highest BCUT2D eigenvalue weighted by molar-refractivity contribution is 5.96. The first-order valence-electron chi connectivity index (χ1n) is 10.9. The van der Waals surface area contributed by atoms with Gasteiger partial charge in [0, 0.05) is 12.0 Å². The molecule has 4 rings (SSSR count). The van der Waals surface area contributed by atoms with E-state index in [9.17, 15) is 4.79 Å². The summed E-state index contributed by atoms with van der Waals surface area (Å²) in [5, 5.41) is 3.44. The van der Waals surface area contributed by atoms with E-state index in [1.165, 1.54) is 29.5 Å². The van der Waals surface area contributed by atoms with Crippen LogP contribution in [-0.2, 0) is 12.8 Å². The Morgan fingerprint density at radius 2 is 1.71 bits per heavy atom. The number of hydrogen-bond donors (Lipinski definition) is 1. The van der Waals surface area contributed by atoms with Crippen molar-refractivity contribution in [2.45, 2.75) is 44.4 Å². The predicted octanol–water partition coefficient (Wildman–Crippen LogP) is 4.22. The van der Waals surface area contributed by atoms with E-state index in [-0.39, 0.29) is 0 Å². The van der Waals surface area contributed by atoms with E-state index >= 15 is 0 Å². The number of benzene rings is 2. The van der Waals surface area contributed by atoms with E-state index < -0.39 is 0 Å². The number of nitrogens with zero attached hydrogens (tertiary/aromatic N) is 1. The Balaban J connectivity index is 1.22. The molecule has 148 valence electrons. The SMILES string of the molecule is O=C(CCCN1CCC(c2ccccc2)CC1)c1ccc2c(c1)CCNCC2. The second-order valence-electron chi connectivity index (χ2n) is 8.29. The van der Waals surface area contributed by atoms with Gasteiger partial charge in [0.15, 0.2) is 5.78 Å². The number of fused-ring (bicyclic) bond motifs is 1. The van der Waals surface area contributed by atoms with Crippen LogP contribution in [0.3, 0.4) is 0 Å². The van der Waals surface area contributed by atoms with Crippen molar-refractivity contribution in [2.75, 3.05) is 32.7 Å². The van der Waals surface area contributed by atoms with Gasteiger partial charge < -0.3 is 10.2 Å². The molecule has 2 aliphatic heterocycles. The van der Waals surface area contributed by atoms with Gasteiger partial charge in [0.05, 0.1) is 0 Å². The van der Waals surface area contributed by atoms with Gasteiger partial charge in [-0.15, -0.1) is 0 Å². The molecule has 0 aliphatic carbocycles. The van der Waals surface area contributed by atoms with Gasteiger partial charge in [-0.1, -0.05) is 42.5 Å². The molecule has 2 heterocycles. The molecule has 0 atom stereocenters. The van der Waals surface area contributed by atoms with Crippen molar-refractivity contribution in [3.63, 3.8) is 0 Å². The van der Waals surface area contributed by atoms with E-state index in [0.717, 1.165) is 57.5 Å². The molecule has 0 bridgehead atoms. The molecule has 0 saturated carbocycles. The van der Waals surface area contributed by atoms with Crippen LogP contribution >= 0.6 is 0 Å². The largest absolute Gasteiger partial charge is 0.316 e. The first-order valence-corrected chi connectivity index (χ1v) is 10.9. The average Bonchev–Trinajstić information content (AvgIpc) is 2.99. The molecule has 0 aromatic heterocycles. The summed E-state index contributed by atoms with van der Waals surface area (Å²) in [5.74, 6) is 1.01. The highest BCUT2D eigenvalue weighted by Gasteiger charge is 2.20. The highest BCUT2D eigenvalue weighted by atomic mass is 16.1. The van der Waals surface area contributed by atoms with Gasteiger partial charge in [0.2, 0.25) is 0 Å². The fraction of sp³-hybridized carbons (Fsp3) is 0.480. The number of nitrogens with one attached hydrogen (secondary N) is 1. The molecule has 1 saturated heterocycles. The molecule has 0 spiro atoms. The summed E-state index contributed by atoms with van der Waals surface area (Å²) >= 11 is 0. The molecule has 2 aromatic rings. The lowest BCUT2D eigenvalue weighted by atomic mass is 9.89. The van der Waals surface area contributed by atoms with Crippen LogP contribution in [0.25, 0.3) is 0 Å². The zero-order valence-electron chi connectivity index (χ0n) is 16.8. The van der Waals surface area contributed by atoms with Crippen LogP contribution in [0.4, 0.5) is 0 Å². The van der Waals surface area contributed by atoms with Crippen molar-refractivity contribution in [1.82, 2.24) is 10.2 Å². The minimum atomic E-state index is 0.305. The first-order chi connectivity index (χ1) is 13.8. The van der Waals surface area contributed by atoms with Gasteiger partial charge in [-0.05, 0) is 93.5 Å². The lowest BCUT2D eigenvalue weighted by Crippen LogP contribution is -2.33. The number of piperidine rings is 1. The van der Waals surface area contributed by atoms with Crippen LogP contribution in [0.1, 0.15) is 58.6 Å². The van der Waals surface area contributed by atoms with Gasteiger partial charge >= 0.3 is 0 Å². The normalized spacial score (nSPS) is 18.4. The molecule has 2 aliphatic rings. The summed E-state index contributed by atoms with van der Waals surface area (Å²) in [4.78, 5) is 15.2. The van der Waals surface area contributed by atoms with Crippen molar-refractivity contribution in [1.29, 1.82) is 0 Å². The van der Waals surface area contributed by atoms with Crippen LogP contribution in [-0.4, -0.2) is 43.4 Å². The summed E-state index contributed by atoms with van der Waals surface area (Å²) in [7, 11) is 0. The van der Waals surface area contributed by atoms with Gasteiger partial charge in [-0.2, -0.15) is 0 Å². The maximum absolute atomic E-state index is 12.7. The summed E-state index contributed by atoms with van der Waals surface area (Å²) in [6.07, 6.45) is 6.20. The molecule has 0 radical (unpaired) electrons. The Bertz CT molecular complexity index is 778. The molecule has 1 N–H and O–H groups in total. The second kappa shape index (κ2) is 9.49. The lowest BCUT2D eigenvalue weighted by molar-refractivity contribution is 0.0972. The van der Waals surface area contributed by atoms with E-state index in [4.69, 9.17) is 0 Å². The van der Waals surface area contributed by atoms with E-state index in [1.807, 2.05) is 6.07 Å². The van der Waals surface area contributed by atoms with Gasteiger partial charge in [-0.25, -0.2) is 0 Å². The van der Waals surface area contributed by atoms with Gasteiger partial charge in [0.1, 0.15) is 0 Å². The second-order valence-corrected chi connectivity index (χ2v) is 8.29. The zero-order valence-corrected chi connectivity index (χ0v) is 16.8. The standard InChI is InChI=1S/C25H32N2O/c28-25(24-9-8-21-10-14-26-15-11-23(21)19-24)7-4-16-27-17-12-22(13-18-27)20-5-2-1-3-6-20/h1-3,5-6,8-9,19,22,26H,4,7,10-18H2. The maximum atomic E-state index is 12.7. The van der Waals surface area contributed by atoms with Crippen LogP contribution in [0.15, 0.2) is 48.5 Å². The average molecular weight is 377 g/mol. The Kier molecular flexibility index (Phi) is 6.56. The van der Waals surface area contributed by atoms with Crippen LogP contribution in [0, 0.1) is 0 Å². The maximum Gasteiger partial charge on any atom is 0.162 e. The predicted molar refractivity (Wildman–Crippen MR) is 115 cm³/mol. The molecule has 3 heteroatoms. The van der Waals surface area contributed by atoms with E-state index in [0.29, 0.717) is 18.1 Å². The quantitative estimate of drug-likeness (QED) is 0.766. The van der Waals surface area contributed by atoms with Crippen molar-refractivity contribution in [3.8, 4) is 0 Å². The van der Waals surface area contributed by atoms with Crippen molar-refractivity contribution >= 4 is 5.78 Å². The molecule has 2 aromatic carbocycles. The highest BCUT2D eigenvalue weighted by Crippen LogP contribution is 2.27. The third kappa shape index (κ3) is 4.89. The van der Waals surface area contributed by atoms with Crippen molar-refractivity contribution < 1.29 is 4.79 Å².